The van der Waals surface area contributed by atoms with Gasteiger partial charge in [-0.15, -0.1) is 0 Å². The van der Waals surface area contributed by atoms with Crippen LogP contribution in [-0.2, 0) is 0 Å². The monoisotopic (exact) mass is 274 g/mol. The van der Waals surface area contributed by atoms with Crippen LogP contribution in [0.3, 0.4) is 0 Å². The van der Waals surface area contributed by atoms with Gasteiger partial charge in [0, 0.05) is 17.0 Å². The molecule has 2 rings (SSSR count). The number of rotatable bonds is 5. The third kappa shape index (κ3) is 2.54. The average molecular weight is 274 g/mol. The van der Waals surface area contributed by atoms with Gasteiger partial charge in [-0.05, 0) is 30.7 Å². The number of furan rings is 1. The lowest BCUT2D eigenvalue weighted by molar-refractivity contribution is 0.0965. The lowest BCUT2D eigenvalue weighted by Gasteiger charge is -2.14. The zero-order valence-corrected chi connectivity index (χ0v) is 12.1. The molecule has 0 saturated carbocycles. The molecule has 0 saturated heterocycles. The van der Waals surface area contributed by atoms with Crippen molar-refractivity contribution >= 4 is 5.78 Å². The first-order valence-electron chi connectivity index (χ1n) is 6.37. The minimum atomic E-state index is -0.259. The fraction of sp³-hybridized carbons (Fsp3) is 0.312. The third-order valence-corrected chi connectivity index (χ3v) is 3.43. The zero-order chi connectivity index (χ0) is 14.7. The van der Waals surface area contributed by atoms with Crippen LogP contribution < -0.4 is 9.47 Å². The van der Waals surface area contributed by atoms with E-state index in [9.17, 15) is 4.79 Å². The van der Waals surface area contributed by atoms with Crippen LogP contribution in [0.15, 0.2) is 35.1 Å². The Morgan fingerprint density at radius 2 is 1.85 bits per heavy atom. The molecule has 0 aliphatic heterocycles. The number of benzene rings is 1. The van der Waals surface area contributed by atoms with Crippen LogP contribution in [0.2, 0.25) is 0 Å². The maximum absolute atomic E-state index is 12.6. The van der Waals surface area contributed by atoms with Gasteiger partial charge in [-0.25, -0.2) is 0 Å². The minimum absolute atomic E-state index is 0.0323. The molecular weight excluding hydrogens is 256 g/mol. The summed E-state index contributed by atoms with van der Waals surface area (Å²) in [6.45, 7) is 3.75. The molecule has 1 aromatic carbocycles. The van der Waals surface area contributed by atoms with E-state index in [0.29, 0.717) is 17.1 Å². The summed E-state index contributed by atoms with van der Waals surface area (Å²) in [6, 6.07) is 5.35. The minimum Gasteiger partial charge on any atom is -0.493 e. The molecule has 0 spiro atoms. The van der Waals surface area contributed by atoms with E-state index in [1.807, 2.05) is 19.9 Å². The Kier molecular flexibility index (Phi) is 4.13. The van der Waals surface area contributed by atoms with Gasteiger partial charge in [-0.1, -0.05) is 6.92 Å². The van der Waals surface area contributed by atoms with Crippen LogP contribution in [0.25, 0.3) is 0 Å². The van der Waals surface area contributed by atoms with Crippen molar-refractivity contribution in [1.29, 1.82) is 0 Å². The fourth-order valence-corrected chi connectivity index (χ4v) is 2.15. The van der Waals surface area contributed by atoms with E-state index >= 15 is 0 Å². The normalized spacial score (nSPS) is 12.0. The van der Waals surface area contributed by atoms with E-state index in [1.54, 1.807) is 38.9 Å². The second-order valence-electron chi connectivity index (χ2n) is 4.66. The van der Waals surface area contributed by atoms with Crippen molar-refractivity contribution in [2.24, 2.45) is 0 Å². The number of ketones is 1. The molecule has 1 aromatic heterocycles. The quantitative estimate of drug-likeness (QED) is 0.782. The third-order valence-electron chi connectivity index (χ3n) is 3.43. The lowest BCUT2D eigenvalue weighted by atomic mass is 9.91. The van der Waals surface area contributed by atoms with E-state index in [4.69, 9.17) is 13.9 Å². The highest BCUT2D eigenvalue weighted by Crippen LogP contribution is 2.32. The van der Waals surface area contributed by atoms with Crippen LogP contribution in [0.5, 0.6) is 11.5 Å². The van der Waals surface area contributed by atoms with Gasteiger partial charge in [-0.2, -0.15) is 0 Å². The maximum atomic E-state index is 12.6. The van der Waals surface area contributed by atoms with Gasteiger partial charge in [0.25, 0.3) is 0 Å². The molecule has 4 nitrogen and oxygen atoms in total. The molecular formula is C16H18O4. The largest absolute Gasteiger partial charge is 0.493 e. The van der Waals surface area contributed by atoms with Crippen molar-refractivity contribution in [2.45, 2.75) is 19.8 Å². The smallest absolute Gasteiger partial charge is 0.170 e. The van der Waals surface area contributed by atoms with Crippen LogP contribution >= 0.6 is 0 Å². The maximum Gasteiger partial charge on any atom is 0.170 e. The zero-order valence-electron chi connectivity index (χ0n) is 12.1. The van der Waals surface area contributed by atoms with Gasteiger partial charge in [0.05, 0.1) is 26.7 Å². The van der Waals surface area contributed by atoms with Crippen molar-refractivity contribution in [2.75, 3.05) is 14.2 Å². The van der Waals surface area contributed by atoms with Crippen molar-refractivity contribution in [3.8, 4) is 11.5 Å². The molecule has 106 valence electrons. The molecule has 1 atom stereocenters. The summed E-state index contributed by atoms with van der Waals surface area (Å²) in [5, 5.41) is 0. The summed E-state index contributed by atoms with van der Waals surface area (Å²) >= 11 is 0. The molecule has 20 heavy (non-hydrogen) atoms. The van der Waals surface area contributed by atoms with Crippen molar-refractivity contribution in [3.05, 3.63) is 47.4 Å². The predicted molar refractivity (Wildman–Crippen MR) is 75.7 cm³/mol. The Morgan fingerprint density at radius 3 is 2.40 bits per heavy atom. The number of hydrogen-bond donors (Lipinski definition) is 0. The standard InChI is InChI=1S/C16H18O4/c1-10-7-14(18-3)15(19-4)8-13(10)16(17)11(2)12-5-6-20-9-12/h5-9,11H,1-4H3. The first-order valence-corrected chi connectivity index (χ1v) is 6.37. The van der Waals surface area contributed by atoms with Crippen LogP contribution in [0.4, 0.5) is 0 Å². The first-order chi connectivity index (χ1) is 9.58. The lowest BCUT2D eigenvalue weighted by Crippen LogP contribution is -2.11. The highest BCUT2D eigenvalue weighted by atomic mass is 16.5. The van der Waals surface area contributed by atoms with Gasteiger partial charge in [0.2, 0.25) is 0 Å². The molecule has 0 amide bonds. The summed E-state index contributed by atoms with van der Waals surface area (Å²) in [5.74, 6) is 0.953. The number of ether oxygens (including phenoxy) is 2. The fourth-order valence-electron chi connectivity index (χ4n) is 2.15. The van der Waals surface area contributed by atoms with Crippen LogP contribution in [0, 0.1) is 6.92 Å². The molecule has 0 aliphatic rings. The molecule has 0 N–H and O–H groups in total. The molecule has 0 fully saturated rings. The van der Waals surface area contributed by atoms with Gasteiger partial charge < -0.3 is 13.9 Å². The summed E-state index contributed by atoms with van der Waals surface area (Å²) < 4.78 is 15.5. The van der Waals surface area contributed by atoms with Gasteiger partial charge in [0.15, 0.2) is 17.3 Å². The summed E-state index contributed by atoms with van der Waals surface area (Å²) in [5.41, 5.74) is 2.36. The van der Waals surface area contributed by atoms with Gasteiger partial charge >= 0.3 is 0 Å². The number of carbonyl (C=O) groups is 1. The summed E-state index contributed by atoms with van der Waals surface area (Å²) in [7, 11) is 3.13. The molecule has 2 aromatic rings. The Bertz CT molecular complexity index is 599. The second kappa shape index (κ2) is 5.82. The molecule has 1 heterocycles. The van der Waals surface area contributed by atoms with Crippen molar-refractivity contribution in [1.82, 2.24) is 0 Å². The van der Waals surface area contributed by atoms with Gasteiger partial charge in [0.1, 0.15) is 0 Å². The van der Waals surface area contributed by atoms with Crippen LogP contribution in [-0.4, -0.2) is 20.0 Å². The molecule has 1 unspecified atom stereocenters. The number of methoxy groups -OCH3 is 2. The molecule has 0 aliphatic carbocycles. The van der Waals surface area contributed by atoms with E-state index in [1.165, 1.54) is 0 Å². The van der Waals surface area contributed by atoms with Crippen molar-refractivity contribution in [3.63, 3.8) is 0 Å². The average Bonchev–Trinajstić information content (AvgIpc) is 2.99. The predicted octanol–water partition coefficient (Wildman–Crippen LogP) is 3.59. The summed E-state index contributed by atoms with van der Waals surface area (Å²) in [4.78, 5) is 12.6. The van der Waals surface area contributed by atoms with E-state index in [2.05, 4.69) is 0 Å². The SMILES string of the molecule is COc1cc(C)c(C(=O)C(C)c2ccoc2)cc1OC. The second-order valence-corrected chi connectivity index (χ2v) is 4.66. The Labute approximate surface area is 118 Å². The summed E-state index contributed by atoms with van der Waals surface area (Å²) in [6.07, 6.45) is 3.17. The molecule has 0 radical (unpaired) electrons. The van der Waals surface area contributed by atoms with E-state index in [-0.39, 0.29) is 11.7 Å². The Morgan fingerprint density at radius 1 is 1.20 bits per heavy atom. The Hall–Kier alpha value is -2.23. The highest BCUT2D eigenvalue weighted by Gasteiger charge is 2.21. The first kappa shape index (κ1) is 14.2. The van der Waals surface area contributed by atoms with E-state index in [0.717, 1.165) is 11.1 Å². The topological polar surface area (TPSA) is 48.7 Å². The molecule has 0 bridgehead atoms. The molecule has 4 heteroatoms. The number of aryl methyl sites for hydroxylation is 1. The van der Waals surface area contributed by atoms with Gasteiger partial charge in [-0.3, -0.25) is 4.79 Å². The highest BCUT2D eigenvalue weighted by molar-refractivity contribution is 6.02. The van der Waals surface area contributed by atoms with E-state index < -0.39 is 0 Å². The van der Waals surface area contributed by atoms with Crippen LogP contribution in [0.1, 0.15) is 34.3 Å². The van der Waals surface area contributed by atoms with Crippen molar-refractivity contribution < 1.29 is 18.7 Å². The Balaban J connectivity index is 2.39. The number of Topliss-reactive ketones (excluding diaryl/α,β-unsaturated/α-hetero) is 1. The number of hydrogen-bond acceptors (Lipinski definition) is 4. The number of carbonyl (C=O) groups excluding carboxylic acids is 1.